The van der Waals surface area contributed by atoms with Gasteiger partial charge in [-0.25, -0.2) is 0 Å². The van der Waals surface area contributed by atoms with Gasteiger partial charge in [0.15, 0.2) is 0 Å². The molecule has 0 spiro atoms. The lowest BCUT2D eigenvalue weighted by molar-refractivity contribution is -0.0177. The zero-order valence-electron chi connectivity index (χ0n) is 26.3. The Bertz CT molecular complexity index is 1340. The summed E-state index contributed by atoms with van der Waals surface area (Å²) in [5.41, 5.74) is 2.51. The second-order valence-electron chi connectivity index (χ2n) is 11.9. The van der Waals surface area contributed by atoms with Gasteiger partial charge in [-0.15, -0.1) is 0 Å². The molecule has 4 rings (SSSR count). The number of carbonyl (C=O) groups is 2. The molecule has 1 aliphatic rings. The van der Waals surface area contributed by atoms with E-state index in [1.807, 2.05) is 32.0 Å². The Labute approximate surface area is 261 Å². The molecule has 0 radical (unpaired) electrons. The molecule has 2 amide bonds. The number of fused-ring (bicyclic) bond motifs is 1. The number of aliphatic hydroxyl groups is 1. The van der Waals surface area contributed by atoms with Crippen LogP contribution in [0.1, 0.15) is 66.3 Å². The van der Waals surface area contributed by atoms with Crippen molar-refractivity contribution >= 4 is 17.5 Å². The van der Waals surface area contributed by atoms with Crippen LogP contribution in [0.25, 0.3) is 0 Å². The molecule has 0 fully saturated rings. The first-order valence-electron chi connectivity index (χ1n) is 15.5. The summed E-state index contributed by atoms with van der Waals surface area (Å²) in [4.78, 5) is 35.1. The SMILES string of the molecule is C[C@@H]1CCCCO[C@@H](CN(C)Cc2ccccc2)[C@H](C)CN([C@@H](C)CO)C(=O)c2cc(NC(=O)c3ccncc3)ccc2O1. The smallest absolute Gasteiger partial charge is 0.258 e. The summed E-state index contributed by atoms with van der Waals surface area (Å²) >= 11 is 0. The maximum Gasteiger partial charge on any atom is 0.258 e. The summed E-state index contributed by atoms with van der Waals surface area (Å²) in [6.45, 7) is 8.24. The number of likely N-dealkylation sites (N-methyl/N-ethyl adjacent to an activating group) is 1. The van der Waals surface area contributed by atoms with E-state index < -0.39 is 6.04 Å². The fourth-order valence-electron chi connectivity index (χ4n) is 5.44. The Kier molecular flexibility index (Phi) is 12.3. The highest BCUT2D eigenvalue weighted by Gasteiger charge is 2.30. The van der Waals surface area contributed by atoms with Gasteiger partial charge in [0, 0.05) is 55.8 Å². The van der Waals surface area contributed by atoms with Gasteiger partial charge in [-0.2, -0.15) is 0 Å². The number of aromatic nitrogens is 1. The first-order chi connectivity index (χ1) is 21.2. The number of carbonyl (C=O) groups excluding carboxylic acids is 2. The summed E-state index contributed by atoms with van der Waals surface area (Å²) in [5.74, 6) is -0.135. The van der Waals surface area contributed by atoms with Crippen LogP contribution in [0, 0.1) is 5.92 Å². The van der Waals surface area contributed by atoms with Gasteiger partial charge in [-0.05, 0) is 76.1 Å². The van der Waals surface area contributed by atoms with Crippen LogP contribution in [0.4, 0.5) is 5.69 Å². The van der Waals surface area contributed by atoms with Crippen molar-refractivity contribution in [2.24, 2.45) is 5.92 Å². The number of amides is 2. The molecule has 0 aliphatic carbocycles. The highest BCUT2D eigenvalue weighted by Crippen LogP contribution is 2.29. The van der Waals surface area contributed by atoms with Crippen LogP contribution in [0.5, 0.6) is 5.75 Å². The van der Waals surface area contributed by atoms with Crippen LogP contribution in [-0.2, 0) is 11.3 Å². The molecule has 1 aromatic heterocycles. The van der Waals surface area contributed by atoms with Gasteiger partial charge in [-0.3, -0.25) is 19.5 Å². The average molecular weight is 603 g/mol. The molecule has 3 aromatic rings. The highest BCUT2D eigenvalue weighted by molar-refractivity contribution is 6.05. The second-order valence-corrected chi connectivity index (χ2v) is 11.9. The molecule has 44 heavy (non-hydrogen) atoms. The molecule has 2 heterocycles. The summed E-state index contributed by atoms with van der Waals surface area (Å²) in [6, 6.07) is 18.3. The number of hydrogen-bond acceptors (Lipinski definition) is 7. The molecule has 2 N–H and O–H groups in total. The van der Waals surface area contributed by atoms with E-state index in [0.29, 0.717) is 42.3 Å². The molecule has 236 valence electrons. The summed E-state index contributed by atoms with van der Waals surface area (Å²) in [5, 5.41) is 13.1. The second kappa shape index (κ2) is 16.3. The quantitative estimate of drug-likeness (QED) is 0.363. The first kappa shape index (κ1) is 33.1. The maximum atomic E-state index is 14.3. The standard InChI is InChI=1S/C35H46N4O5/c1-25-21-39(26(2)24-40)35(42)31-20-30(37-34(41)29-15-17-36-18-16-29)13-14-32(31)44-27(3)10-8-9-19-43-33(25)23-38(4)22-28-11-6-5-7-12-28/h5-7,11-18,20,25-27,33,40H,8-10,19,21-24H2,1-4H3,(H,37,41)/t25-,26+,27-,33+/m1/s1. The number of anilines is 1. The highest BCUT2D eigenvalue weighted by atomic mass is 16.5. The number of benzene rings is 2. The third-order valence-corrected chi connectivity index (χ3v) is 8.04. The van der Waals surface area contributed by atoms with Crippen LogP contribution < -0.4 is 10.1 Å². The lowest BCUT2D eigenvalue weighted by Gasteiger charge is -2.36. The van der Waals surface area contributed by atoms with E-state index in [9.17, 15) is 14.7 Å². The number of rotatable bonds is 8. The molecule has 9 heteroatoms. The third-order valence-electron chi connectivity index (χ3n) is 8.04. The minimum Gasteiger partial charge on any atom is -0.490 e. The van der Waals surface area contributed by atoms with E-state index >= 15 is 0 Å². The molecule has 0 unspecified atom stereocenters. The van der Waals surface area contributed by atoms with E-state index in [2.05, 4.69) is 41.3 Å². The number of pyridine rings is 1. The van der Waals surface area contributed by atoms with E-state index in [0.717, 1.165) is 25.8 Å². The minimum atomic E-state index is -0.444. The van der Waals surface area contributed by atoms with Gasteiger partial charge < -0.3 is 24.8 Å². The Balaban J connectivity index is 1.61. The van der Waals surface area contributed by atoms with Gasteiger partial charge >= 0.3 is 0 Å². The number of nitrogens with one attached hydrogen (secondary N) is 1. The first-order valence-corrected chi connectivity index (χ1v) is 15.5. The number of aliphatic hydroxyl groups excluding tert-OH is 1. The van der Waals surface area contributed by atoms with Crippen molar-refractivity contribution in [2.45, 2.75) is 64.8 Å². The van der Waals surface area contributed by atoms with Crippen LogP contribution in [-0.4, -0.2) is 83.3 Å². The third kappa shape index (κ3) is 9.35. The Hall–Kier alpha value is -3.79. The van der Waals surface area contributed by atoms with Crippen molar-refractivity contribution < 1.29 is 24.2 Å². The molecule has 4 atom stereocenters. The van der Waals surface area contributed by atoms with Gasteiger partial charge in [-0.1, -0.05) is 37.3 Å². The Morgan fingerprint density at radius 3 is 2.59 bits per heavy atom. The predicted molar refractivity (Wildman–Crippen MR) is 172 cm³/mol. The maximum absolute atomic E-state index is 14.3. The van der Waals surface area contributed by atoms with Crippen molar-refractivity contribution in [1.82, 2.24) is 14.8 Å². The van der Waals surface area contributed by atoms with Crippen molar-refractivity contribution in [3.8, 4) is 5.75 Å². The molecule has 9 nitrogen and oxygen atoms in total. The molecule has 1 aliphatic heterocycles. The average Bonchev–Trinajstić information content (AvgIpc) is 3.03. The van der Waals surface area contributed by atoms with Crippen molar-refractivity contribution in [3.63, 3.8) is 0 Å². The molecule has 0 saturated carbocycles. The topological polar surface area (TPSA) is 104 Å². The molecular formula is C35H46N4O5. The fraction of sp³-hybridized carbons (Fsp3) is 0.457. The van der Waals surface area contributed by atoms with Crippen molar-refractivity contribution in [3.05, 3.63) is 89.7 Å². The Morgan fingerprint density at radius 2 is 1.86 bits per heavy atom. The van der Waals surface area contributed by atoms with Crippen LogP contribution >= 0.6 is 0 Å². The number of ether oxygens (including phenoxy) is 2. The Morgan fingerprint density at radius 1 is 1.11 bits per heavy atom. The molecule has 2 aromatic carbocycles. The normalized spacial score (nSPS) is 20.7. The van der Waals surface area contributed by atoms with E-state index in [4.69, 9.17) is 9.47 Å². The van der Waals surface area contributed by atoms with E-state index in [1.54, 1.807) is 47.6 Å². The summed E-state index contributed by atoms with van der Waals surface area (Å²) in [7, 11) is 2.09. The summed E-state index contributed by atoms with van der Waals surface area (Å²) in [6.07, 6.45) is 5.51. The van der Waals surface area contributed by atoms with Crippen molar-refractivity contribution in [1.29, 1.82) is 0 Å². The largest absolute Gasteiger partial charge is 0.490 e. The van der Waals surface area contributed by atoms with Crippen LogP contribution in [0.2, 0.25) is 0 Å². The number of nitrogens with zero attached hydrogens (tertiary/aromatic N) is 3. The molecular weight excluding hydrogens is 556 g/mol. The fourth-order valence-corrected chi connectivity index (χ4v) is 5.44. The predicted octanol–water partition coefficient (Wildman–Crippen LogP) is 5.26. The zero-order chi connectivity index (χ0) is 31.5. The summed E-state index contributed by atoms with van der Waals surface area (Å²) < 4.78 is 12.8. The van der Waals surface area contributed by atoms with Gasteiger partial charge in [0.2, 0.25) is 0 Å². The van der Waals surface area contributed by atoms with Gasteiger partial charge in [0.25, 0.3) is 11.8 Å². The molecule has 0 saturated heterocycles. The lowest BCUT2D eigenvalue weighted by atomic mass is 10.0. The monoisotopic (exact) mass is 602 g/mol. The minimum absolute atomic E-state index is 0.0213. The van der Waals surface area contributed by atoms with Gasteiger partial charge in [0.1, 0.15) is 5.75 Å². The van der Waals surface area contributed by atoms with E-state index in [1.165, 1.54) is 5.56 Å². The van der Waals surface area contributed by atoms with Crippen molar-refractivity contribution in [2.75, 3.05) is 38.7 Å². The van der Waals surface area contributed by atoms with Crippen LogP contribution in [0.15, 0.2) is 73.1 Å². The van der Waals surface area contributed by atoms with Crippen LogP contribution in [0.3, 0.4) is 0 Å². The zero-order valence-corrected chi connectivity index (χ0v) is 26.3. The number of hydrogen-bond donors (Lipinski definition) is 2. The van der Waals surface area contributed by atoms with Gasteiger partial charge in [0.05, 0.1) is 30.4 Å². The lowest BCUT2D eigenvalue weighted by Crippen LogP contribution is -2.47. The van der Waals surface area contributed by atoms with E-state index in [-0.39, 0.29) is 36.5 Å². The molecule has 0 bridgehead atoms.